The highest BCUT2D eigenvalue weighted by Crippen LogP contribution is 2.18. The van der Waals surface area contributed by atoms with E-state index in [-0.39, 0.29) is 0 Å². The lowest BCUT2D eigenvalue weighted by Gasteiger charge is -1.93. The Kier molecular flexibility index (Phi) is 6.44. The predicted octanol–water partition coefficient (Wildman–Crippen LogP) is 3.95. The molecule has 0 saturated heterocycles. The molecule has 0 heterocycles. The van der Waals surface area contributed by atoms with E-state index in [1.54, 1.807) is 12.1 Å². The number of hydrogen-bond acceptors (Lipinski definition) is 2. The van der Waals surface area contributed by atoms with Gasteiger partial charge in [-0.05, 0) is 23.8 Å². The third kappa shape index (κ3) is 4.88. The lowest BCUT2D eigenvalue weighted by Crippen LogP contribution is -1.94. The standard InChI is InChI=1S/C7H4Cl2O.C7H9N/c8-6-2-1-5(4-10)7(9)3-6;8-6-7-4-2-1-3-5-7/h1-4H;1-5H,6,8H2. The highest BCUT2D eigenvalue weighted by molar-refractivity contribution is 6.36. The van der Waals surface area contributed by atoms with Crippen molar-refractivity contribution in [2.75, 3.05) is 0 Å². The van der Waals surface area contributed by atoms with Crippen LogP contribution in [0.4, 0.5) is 0 Å². The van der Waals surface area contributed by atoms with E-state index in [0.717, 1.165) is 0 Å². The number of nitrogens with two attached hydrogens (primary N) is 1. The largest absolute Gasteiger partial charge is 0.326 e. The van der Waals surface area contributed by atoms with Crippen LogP contribution in [0, 0.1) is 0 Å². The van der Waals surface area contributed by atoms with Crippen molar-refractivity contribution in [3.8, 4) is 0 Å². The summed E-state index contributed by atoms with van der Waals surface area (Å²) < 4.78 is 0. The maximum atomic E-state index is 10.2. The van der Waals surface area contributed by atoms with Crippen molar-refractivity contribution in [3.63, 3.8) is 0 Å². The molecule has 0 saturated carbocycles. The summed E-state index contributed by atoms with van der Waals surface area (Å²) >= 11 is 11.2. The third-order valence-electron chi connectivity index (χ3n) is 2.17. The third-order valence-corrected chi connectivity index (χ3v) is 2.73. The molecule has 0 aliphatic carbocycles. The average Bonchev–Trinajstić information content (AvgIpc) is 2.40. The van der Waals surface area contributed by atoms with Crippen molar-refractivity contribution >= 4 is 29.5 Å². The normalized spacial score (nSPS) is 9.28. The molecule has 2 aromatic rings. The summed E-state index contributed by atoms with van der Waals surface area (Å²) in [5.41, 5.74) is 7.00. The fraction of sp³-hybridized carbons (Fsp3) is 0.0714. The van der Waals surface area contributed by atoms with Crippen molar-refractivity contribution in [3.05, 3.63) is 69.7 Å². The molecule has 4 heteroatoms. The van der Waals surface area contributed by atoms with Gasteiger partial charge in [-0.15, -0.1) is 0 Å². The van der Waals surface area contributed by atoms with Crippen LogP contribution >= 0.6 is 23.2 Å². The van der Waals surface area contributed by atoms with Gasteiger partial charge in [0.25, 0.3) is 0 Å². The molecular weight excluding hydrogens is 269 g/mol. The van der Waals surface area contributed by atoms with Crippen molar-refractivity contribution in [2.45, 2.75) is 6.54 Å². The second kappa shape index (κ2) is 7.88. The van der Waals surface area contributed by atoms with E-state index in [2.05, 4.69) is 0 Å². The lowest BCUT2D eigenvalue weighted by atomic mass is 10.2. The van der Waals surface area contributed by atoms with Gasteiger partial charge >= 0.3 is 0 Å². The molecule has 94 valence electrons. The van der Waals surface area contributed by atoms with Gasteiger partial charge < -0.3 is 5.73 Å². The van der Waals surface area contributed by atoms with Gasteiger partial charge in [0, 0.05) is 17.1 Å². The van der Waals surface area contributed by atoms with Crippen LogP contribution in [0.3, 0.4) is 0 Å². The van der Waals surface area contributed by atoms with Gasteiger partial charge in [0.15, 0.2) is 6.29 Å². The molecular formula is C14H13Cl2NO. The van der Waals surface area contributed by atoms with Crippen LogP contribution in [-0.4, -0.2) is 6.29 Å². The van der Waals surface area contributed by atoms with Crippen LogP contribution < -0.4 is 5.73 Å². The van der Waals surface area contributed by atoms with Crippen molar-refractivity contribution < 1.29 is 4.79 Å². The maximum Gasteiger partial charge on any atom is 0.151 e. The van der Waals surface area contributed by atoms with Crippen LogP contribution in [0.5, 0.6) is 0 Å². The van der Waals surface area contributed by atoms with E-state index < -0.39 is 0 Å². The molecule has 0 unspecified atom stereocenters. The summed E-state index contributed by atoms with van der Waals surface area (Å²) in [5, 5.41) is 0.929. The molecule has 0 atom stereocenters. The lowest BCUT2D eigenvalue weighted by molar-refractivity contribution is 0.112. The number of aldehydes is 1. The second-order valence-corrected chi connectivity index (χ2v) is 4.32. The maximum absolute atomic E-state index is 10.2. The van der Waals surface area contributed by atoms with Gasteiger partial charge in [-0.25, -0.2) is 0 Å². The first-order valence-corrected chi connectivity index (χ1v) is 6.07. The zero-order valence-electron chi connectivity index (χ0n) is 9.64. The number of halogens is 2. The fourth-order valence-corrected chi connectivity index (χ4v) is 1.66. The second-order valence-electron chi connectivity index (χ2n) is 3.47. The molecule has 2 aromatic carbocycles. The number of carbonyl (C=O) groups excluding carboxylic acids is 1. The first-order chi connectivity index (χ1) is 8.67. The molecule has 0 bridgehead atoms. The molecule has 0 amide bonds. The zero-order valence-corrected chi connectivity index (χ0v) is 11.2. The highest BCUT2D eigenvalue weighted by atomic mass is 35.5. The Bertz CT molecular complexity index is 500. The molecule has 0 fully saturated rings. The summed E-state index contributed by atoms with van der Waals surface area (Å²) in [4.78, 5) is 10.2. The van der Waals surface area contributed by atoms with Crippen LogP contribution in [-0.2, 0) is 6.54 Å². The van der Waals surface area contributed by atoms with Gasteiger partial charge in [-0.3, -0.25) is 4.79 Å². The Morgan fingerprint density at radius 3 is 2.17 bits per heavy atom. The predicted molar refractivity (Wildman–Crippen MR) is 76.2 cm³/mol. The van der Waals surface area contributed by atoms with Crippen LogP contribution in [0.15, 0.2) is 48.5 Å². The Labute approximate surface area is 116 Å². The van der Waals surface area contributed by atoms with Gasteiger partial charge in [0.1, 0.15) is 0 Å². The Morgan fingerprint density at radius 1 is 1.06 bits per heavy atom. The quantitative estimate of drug-likeness (QED) is 0.847. The van der Waals surface area contributed by atoms with Gasteiger partial charge in [0.2, 0.25) is 0 Å². The Balaban J connectivity index is 0.000000184. The summed E-state index contributed by atoms with van der Waals surface area (Å²) in [5.74, 6) is 0. The van der Waals surface area contributed by atoms with E-state index in [1.165, 1.54) is 11.6 Å². The van der Waals surface area contributed by atoms with Crippen molar-refractivity contribution in [1.29, 1.82) is 0 Å². The molecule has 2 rings (SSSR count). The monoisotopic (exact) mass is 281 g/mol. The molecule has 0 radical (unpaired) electrons. The molecule has 0 aromatic heterocycles. The smallest absolute Gasteiger partial charge is 0.151 e. The van der Waals surface area contributed by atoms with E-state index >= 15 is 0 Å². The summed E-state index contributed by atoms with van der Waals surface area (Å²) in [6, 6.07) is 14.7. The number of rotatable bonds is 2. The van der Waals surface area contributed by atoms with Crippen LogP contribution in [0.1, 0.15) is 15.9 Å². The molecule has 2 N–H and O–H groups in total. The van der Waals surface area contributed by atoms with Gasteiger partial charge in [0.05, 0.1) is 5.02 Å². The minimum absolute atomic E-state index is 0.391. The average molecular weight is 282 g/mol. The molecule has 0 aliphatic rings. The number of benzene rings is 2. The molecule has 2 nitrogen and oxygen atoms in total. The SMILES string of the molecule is NCc1ccccc1.O=Cc1ccc(Cl)cc1Cl. The summed E-state index contributed by atoms with van der Waals surface area (Å²) in [6.45, 7) is 0.640. The minimum atomic E-state index is 0.391. The summed E-state index contributed by atoms with van der Waals surface area (Å²) in [7, 11) is 0. The molecule has 0 spiro atoms. The fourth-order valence-electron chi connectivity index (χ4n) is 1.21. The molecule has 0 aliphatic heterocycles. The first-order valence-electron chi connectivity index (χ1n) is 5.31. The highest BCUT2D eigenvalue weighted by Gasteiger charge is 1.97. The first kappa shape index (κ1) is 14.7. The summed E-state index contributed by atoms with van der Waals surface area (Å²) in [6.07, 6.45) is 0.693. The number of hydrogen-bond donors (Lipinski definition) is 1. The van der Waals surface area contributed by atoms with Gasteiger partial charge in [-0.2, -0.15) is 0 Å². The van der Waals surface area contributed by atoms with E-state index in [0.29, 0.717) is 28.4 Å². The number of carbonyl (C=O) groups is 1. The van der Waals surface area contributed by atoms with Crippen molar-refractivity contribution in [1.82, 2.24) is 0 Å². The topological polar surface area (TPSA) is 43.1 Å². The zero-order chi connectivity index (χ0) is 13.4. The van der Waals surface area contributed by atoms with Crippen LogP contribution in [0.25, 0.3) is 0 Å². The van der Waals surface area contributed by atoms with E-state index in [1.807, 2.05) is 30.3 Å². The Hall–Kier alpha value is -1.35. The van der Waals surface area contributed by atoms with Gasteiger partial charge in [-0.1, -0.05) is 53.5 Å². The van der Waals surface area contributed by atoms with E-state index in [4.69, 9.17) is 28.9 Å². The van der Waals surface area contributed by atoms with Crippen LogP contribution in [0.2, 0.25) is 10.0 Å². The molecule has 18 heavy (non-hydrogen) atoms. The van der Waals surface area contributed by atoms with Crippen molar-refractivity contribution in [2.24, 2.45) is 5.73 Å². The Morgan fingerprint density at radius 2 is 1.72 bits per heavy atom. The minimum Gasteiger partial charge on any atom is -0.326 e. The van der Waals surface area contributed by atoms with E-state index in [9.17, 15) is 4.79 Å².